The van der Waals surface area contributed by atoms with E-state index < -0.39 is 17.8 Å². The van der Waals surface area contributed by atoms with Crippen molar-refractivity contribution in [1.82, 2.24) is 4.90 Å². The second-order valence-corrected chi connectivity index (χ2v) is 4.28. The Labute approximate surface area is 111 Å². The van der Waals surface area contributed by atoms with Crippen molar-refractivity contribution >= 4 is 11.9 Å². The van der Waals surface area contributed by atoms with Gasteiger partial charge in [-0.05, 0) is 12.1 Å². The maximum absolute atomic E-state index is 12.1. The Morgan fingerprint density at radius 1 is 1.32 bits per heavy atom. The largest absolute Gasteiger partial charge is 0.507 e. The van der Waals surface area contributed by atoms with E-state index in [2.05, 4.69) is 4.74 Å². The van der Waals surface area contributed by atoms with E-state index in [1.165, 1.54) is 37.3 Å². The van der Waals surface area contributed by atoms with Gasteiger partial charge in [0.25, 0.3) is 5.91 Å². The van der Waals surface area contributed by atoms with Crippen molar-refractivity contribution < 1.29 is 24.5 Å². The number of hydrogen-bond donors (Lipinski definition) is 2. The average Bonchev–Trinajstić information content (AvgIpc) is 2.37. The second-order valence-electron chi connectivity index (χ2n) is 4.28. The number of rotatable bonds is 4. The van der Waals surface area contributed by atoms with Gasteiger partial charge in [0, 0.05) is 13.6 Å². The Bertz CT molecular complexity index is 466. The molecule has 19 heavy (non-hydrogen) atoms. The summed E-state index contributed by atoms with van der Waals surface area (Å²) < 4.78 is 4.57. The highest BCUT2D eigenvalue weighted by Crippen LogP contribution is 2.27. The van der Waals surface area contributed by atoms with E-state index in [0.29, 0.717) is 0 Å². The van der Waals surface area contributed by atoms with Crippen LogP contribution in [0, 0.1) is 5.92 Å². The van der Waals surface area contributed by atoms with Gasteiger partial charge in [-0.25, -0.2) is 0 Å². The molecule has 0 saturated heterocycles. The van der Waals surface area contributed by atoms with E-state index in [1.807, 2.05) is 0 Å². The fraction of sp³-hybridized carbons (Fsp3) is 0.385. The molecule has 104 valence electrons. The predicted octanol–water partition coefficient (Wildman–Crippen LogP) is 0.979. The first-order chi connectivity index (χ1) is 8.88. The third-order valence-corrected chi connectivity index (χ3v) is 2.73. The lowest BCUT2D eigenvalue weighted by Gasteiger charge is -2.21. The topological polar surface area (TPSA) is 87.1 Å². The summed E-state index contributed by atoms with van der Waals surface area (Å²) in [4.78, 5) is 24.6. The summed E-state index contributed by atoms with van der Waals surface area (Å²) in [5.74, 6) is -2.09. The molecule has 0 heterocycles. The highest BCUT2D eigenvalue weighted by Gasteiger charge is 2.23. The molecule has 0 aliphatic heterocycles. The lowest BCUT2D eigenvalue weighted by atomic mass is 10.1. The summed E-state index contributed by atoms with van der Waals surface area (Å²) in [5, 5.41) is 19.2. The summed E-state index contributed by atoms with van der Waals surface area (Å²) in [6, 6.07) is 4.05. The van der Waals surface area contributed by atoms with Crippen LogP contribution >= 0.6 is 0 Å². The van der Waals surface area contributed by atoms with E-state index in [1.54, 1.807) is 6.92 Å². The minimum Gasteiger partial charge on any atom is -0.507 e. The quantitative estimate of drug-likeness (QED) is 0.794. The molecule has 0 fully saturated rings. The fourth-order valence-corrected chi connectivity index (χ4v) is 1.71. The molecule has 6 heteroatoms. The maximum Gasteiger partial charge on any atom is 0.310 e. The fourth-order valence-electron chi connectivity index (χ4n) is 1.71. The first kappa shape index (κ1) is 14.8. The Morgan fingerprint density at radius 2 is 1.84 bits per heavy atom. The highest BCUT2D eigenvalue weighted by atomic mass is 16.5. The number of benzene rings is 1. The monoisotopic (exact) mass is 267 g/mol. The summed E-state index contributed by atoms with van der Waals surface area (Å²) in [7, 11) is 2.75. The number of nitrogens with zero attached hydrogens (tertiary/aromatic N) is 1. The molecule has 0 radical (unpaired) electrons. The molecule has 1 aromatic rings. The number of esters is 1. The smallest absolute Gasteiger partial charge is 0.310 e. The van der Waals surface area contributed by atoms with Gasteiger partial charge >= 0.3 is 5.97 Å². The normalized spacial score (nSPS) is 11.7. The van der Waals surface area contributed by atoms with Gasteiger partial charge in [-0.3, -0.25) is 9.59 Å². The molecular weight excluding hydrogens is 250 g/mol. The number of methoxy groups -OCH3 is 1. The molecule has 2 N–H and O–H groups in total. The van der Waals surface area contributed by atoms with Crippen LogP contribution in [0.3, 0.4) is 0 Å². The lowest BCUT2D eigenvalue weighted by molar-refractivity contribution is -0.145. The van der Waals surface area contributed by atoms with Gasteiger partial charge in [0.15, 0.2) is 0 Å². The van der Waals surface area contributed by atoms with Gasteiger partial charge in [-0.15, -0.1) is 0 Å². The van der Waals surface area contributed by atoms with Crippen molar-refractivity contribution in [2.45, 2.75) is 6.92 Å². The number of hydrogen-bond acceptors (Lipinski definition) is 5. The van der Waals surface area contributed by atoms with E-state index in [-0.39, 0.29) is 23.6 Å². The van der Waals surface area contributed by atoms with Gasteiger partial charge in [0.2, 0.25) is 0 Å². The number of carbonyl (C=O) groups excluding carboxylic acids is 2. The lowest BCUT2D eigenvalue weighted by Crippen LogP contribution is -2.34. The minimum atomic E-state index is -0.564. The number of amides is 1. The summed E-state index contributed by atoms with van der Waals surface area (Å²) in [6.45, 7) is 1.75. The van der Waals surface area contributed by atoms with Gasteiger partial charge in [-0.2, -0.15) is 0 Å². The molecule has 1 amide bonds. The number of phenols is 2. The summed E-state index contributed by atoms with van der Waals surface area (Å²) in [6.07, 6.45) is 0. The summed E-state index contributed by atoms with van der Waals surface area (Å²) >= 11 is 0. The molecule has 6 nitrogen and oxygen atoms in total. The second kappa shape index (κ2) is 6.08. The van der Waals surface area contributed by atoms with E-state index in [4.69, 9.17) is 0 Å². The van der Waals surface area contributed by atoms with Crippen LogP contribution in [0.5, 0.6) is 11.5 Å². The van der Waals surface area contributed by atoms with Crippen LogP contribution in [0.25, 0.3) is 0 Å². The zero-order valence-electron chi connectivity index (χ0n) is 11.1. The molecule has 0 aliphatic carbocycles. The predicted molar refractivity (Wildman–Crippen MR) is 67.9 cm³/mol. The molecule has 0 aliphatic rings. The molecule has 0 saturated carbocycles. The standard InChI is InChI=1S/C13H17NO5/c1-8(13(18)19-3)7-14(2)12(17)11-9(15)5-4-6-10(11)16/h4-6,8,15-16H,7H2,1-3H3. The van der Waals surface area contributed by atoms with Crippen molar-refractivity contribution in [1.29, 1.82) is 0 Å². The van der Waals surface area contributed by atoms with Crippen LogP contribution in [-0.2, 0) is 9.53 Å². The van der Waals surface area contributed by atoms with Crippen LogP contribution < -0.4 is 0 Å². The van der Waals surface area contributed by atoms with Crippen molar-refractivity contribution in [2.75, 3.05) is 20.7 Å². The zero-order chi connectivity index (χ0) is 14.6. The van der Waals surface area contributed by atoms with Gasteiger partial charge < -0.3 is 19.8 Å². The van der Waals surface area contributed by atoms with Crippen LogP contribution in [0.1, 0.15) is 17.3 Å². The highest BCUT2D eigenvalue weighted by molar-refractivity contribution is 5.99. The molecule has 1 aromatic carbocycles. The van der Waals surface area contributed by atoms with Crippen molar-refractivity contribution in [3.05, 3.63) is 23.8 Å². The molecule has 0 bridgehead atoms. The zero-order valence-corrected chi connectivity index (χ0v) is 11.1. The van der Waals surface area contributed by atoms with E-state index >= 15 is 0 Å². The number of phenolic OH excluding ortho intramolecular Hbond substituents is 2. The Morgan fingerprint density at radius 3 is 2.32 bits per heavy atom. The Hall–Kier alpha value is -2.24. The molecule has 1 unspecified atom stereocenters. The SMILES string of the molecule is COC(=O)C(C)CN(C)C(=O)c1c(O)cccc1O. The minimum absolute atomic E-state index is 0.124. The van der Waals surface area contributed by atoms with Crippen molar-refractivity contribution in [3.63, 3.8) is 0 Å². The van der Waals surface area contributed by atoms with Crippen molar-refractivity contribution in [2.24, 2.45) is 5.92 Å². The van der Waals surface area contributed by atoms with Gasteiger partial charge in [0.1, 0.15) is 17.1 Å². The molecule has 1 atom stereocenters. The molecular formula is C13H17NO5. The molecule has 1 rings (SSSR count). The van der Waals surface area contributed by atoms with Crippen LogP contribution in [0.2, 0.25) is 0 Å². The Balaban J connectivity index is 2.86. The van der Waals surface area contributed by atoms with Crippen molar-refractivity contribution in [3.8, 4) is 11.5 Å². The third-order valence-electron chi connectivity index (χ3n) is 2.73. The first-order valence-electron chi connectivity index (χ1n) is 5.72. The van der Waals surface area contributed by atoms with Gasteiger partial charge in [0.05, 0.1) is 13.0 Å². The first-order valence-corrected chi connectivity index (χ1v) is 5.72. The van der Waals surface area contributed by atoms with E-state index in [9.17, 15) is 19.8 Å². The van der Waals surface area contributed by atoms with Gasteiger partial charge in [-0.1, -0.05) is 13.0 Å². The van der Waals surface area contributed by atoms with Crippen LogP contribution in [0.4, 0.5) is 0 Å². The number of aromatic hydroxyl groups is 2. The van der Waals surface area contributed by atoms with Crippen LogP contribution in [0.15, 0.2) is 18.2 Å². The molecule has 0 spiro atoms. The third kappa shape index (κ3) is 3.37. The maximum atomic E-state index is 12.1. The molecule has 0 aromatic heterocycles. The summed E-state index contributed by atoms with van der Waals surface area (Å²) in [5.41, 5.74) is -0.179. The number of carbonyl (C=O) groups is 2. The average molecular weight is 267 g/mol. The Kier molecular flexibility index (Phi) is 4.74. The van der Waals surface area contributed by atoms with E-state index in [0.717, 1.165) is 0 Å². The number of ether oxygens (including phenoxy) is 1. The van der Waals surface area contributed by atoms with Crippen LogP contribution in [-0.4, -0.2) is 47.7 Å².